The molecule has 0 saturated carbocycles. The number of aryl methyl sites for hydroxylation is 1. The van der Waals surface area contributed by atoms with Crippen molar-refractivity contribution in [3.05, 3.63) is 48.2 Å². The molecule has 2 heterocycles. The van der Waals surface area contributed by atoms with Gasteiger partial charge in [0.05, 0.1) is 12.8 Å². The van der Waals surface area contributed by atoms with Crippen LogP contribution in [0.5, 0.6) is 5.75 Å². The lowest BCUT2D eigenvalue weighted by molar-refractivity contribution is 0.402. The summed E-state index contributed by atoms with van der Waals surface area (Å²) in [7, 11) is -0.928. The van der Waals surface area contributed by atoms with Crippen LogP contribution in [0.1, 0.15) is 5.69 Å². The van der Waals surface area contributed by atoms with Crippen LogP contribution in [0, 0.1) is 6.92 Å². The number of benzene rings is 2. The summed E-state index contributed by atoms with van der Waals surface area (Å²) in [6.45, 7) is 1.91. The zero-order valence-corrected chi connectivity index (χ0v) is 15.8. The Hall–Kier alpha value is -3.04. The van der Waals surface area contributed by atoms with E-state index < -0.39 is 10.0 Å². The molecule has 1 N–H and O–H groups in total. The number of methoxy groups -OCH3 is 1. The van der Waals surface area contributed by atoms with Crippen LogP contribution in [0.4, 0.5) is 0 Å². The number of hydrogen-bond acceptors (Lipinski definition) is 6. The summed E-state index contributed by atoms with van der Waals surface area (Å²) >= 11 is 0. The van der Waals surface area contributed by atoms with Crippen LogP contribution in [0.3, 0.4) is 0 Å². The minimum atomic E-state index is -3.70. The first-order valence-electron chi connectivity index (χ1n) is 8.19. The van der Waals surface area contributed by atoms with Gasteiger partial charge in [-0.1, -0.05) is 24.3 Å². The summed E-state index contributed by atoms with van der Waals surface area (Å²) in [6, 6.07) is 12.7. The Morgan fingerprint density at radius 1 is 1.07 bits per heavy atom. The van der Waals surface area contributed by atoms with E-state index in [1.165, 1.54) is 20.2 Å². The number of sulfonamides is 1. The van der Waals surface area contributed by atoms with Gasteiger partial charge < -0.3 is 4.74 Å². The van der Waals surface area contributed by atoms with Crippen molar-refractivity contribution in [3.63, 3.8) is 0 Å². The first-order valence-corrected chi connectivity index (χ1v) is 9.67. The number of hydrogen-bond donors (Lipinski definition) is 1. The van der Waals surface area contributed by atoms with Gasteiger partial charge in [0.15, 0.2) is 11.5 Å². The van der Waals surface area contributed by atoms with E-state index in [0.717, 1.165) is 16.5 Å². The maximum Gasteiger partial charge on any atom is 0.244 e. The van der Waals surface area contributed by atoms with Crippen molar-refractivity contribution in [2.75, 3.05) is 14.2 Å². The highest BCUT2D eigenvalue weighted by Gasteiger charge is 2.21. The van der Waals surface area contributed by atoms with Gasteiger partial charge in [-0.25, -0.2) is 13.1 Å². The molecule has 27 heavy (non-hydrogen) atoms. The van der Waals surface area contributed by atoms with E-state index in [1.807, 2.05) is 31.2 Å². The number of ether oxygens (including phenoxy) is 1. The van der Waals surface area contributed by atoms with Crippen LogP contribution in [0.2, 0.25) is 0 Å². The molecule has 0 bridgehead atoms. The van der Waals surface area contributed by atoms with Crippen LogP contribution in [0.15, 0.2) is 47.4 Å². The predicted molar refractivity (Wildman–Crippen MR) is 101 cm³/mol. The van der Waals surface area contributed by atoms with Gasteiger partial charge in [-0.3, -0.25) is 0 Å². The predicted octanol–water partition coefficient (Wildman–Crippen LogP) is 2.17. The second-order valence-corrected chi connectivity index (χ2v) is 7.82. The number of nitrogens with one attached hydrogen (secondary N) is 1. The van der Waals surface area contributed by atoms with E-state index in [4.69, 9.17) is 4.74 Å². The Morgan fingerprint density at radius 2 is 1.81 bits per heavy atom. The molecule has 0 amide bonds. The van der Waals surface area contributed by atoms with E-state index in [9.17, 15) is 8.42 Å². The van der Waals surface area contributed by atoms with Crippen molar-refractivity contribution < 1.29 is 13.2 Å². The molecule has 0 spiro atoms. The third-order valence-electron chi connectivity index (χ3n) is 4.43. The molecule has 0 aliphatic carbocycles. The Balaban J connectivity index is 2.00. The fourth-order valence-corrected chi connectivity index (χ4v) is 3.97. The maximum absolute atomic E-state index is 12.3. The van der Waals surface area contributed by atoms with E-state index in [-0.39, 0.29) is 10.6 Å². The lowest BCUT2D eigenvalue weighted by Gasteiger charge is -2.10. The molecule has 4 aromatic rings. The first kappa shape index (κ1) is 17.4. The topological polar surface area (TPSA) is 98.5 Å². The first-order chi connectivity index (χ1) is 13.0. The van der Waals surface area contributed by atoms with Gasteiger partial charge in [-0.2, -0.15) is 9.61 Å². The molecule has 0 radical (unpaired) electrons. The fourth-order valence-electron chi connectivity index (χ4n) is 3.06. The fraction of sp³-hybridized carbons (Fsp3) is 0.167. The average Bonchev–Trinajstić information content (AvgIpc) is 3.11. The molecule has 4 rings (SSSR count). The Morgan fingerprint density at radius 3 is 2.52 bits per heavy atom. The zero-order valence-electron chi connectivity index (χ0n) is 15.0. The minimum absolute atomic E-state index is 0.0271. The number of aromatic nitrogens is 4. The summed E-state index contributed by atoms with van der Waals surface area (Å²) in [5.74, 6) is 0.700. The van der Waals surface area contributed by atoms with Gasteiger partial charge in [0.2, 0.25) is 10.0 Å². The van der Waals surface area contributed by atoms with Crippen molar-refractivity contribution in [2.45, 2.75) is 11.8 Å². The normalized spacial score (nSPS) is 12.0. The molecule has 8 nitrogen and oxygen atoms in total. The SMILES string of the molecule is CNS(=O)(=O)c1cc(-c2nnc3c4ccccc4c(C)nn23)ccc1OC. The molecule has 0 unspecified atom stereocenters. The Bertz CT molecular complexity index is 1280. The summed E-state index contributed by atoms with van der Waals surface area (Å²) < 4.78 is 33.8. The van der Waals surface area contributed by atoms with Gasteiger partial charge >= 0.3 is 0 Å². The molecule has 2 aromatic heterocycles. The molecule has 0 fully saturated rings. The van der Waals surface area contributed by atoms with Crippen molar-refractivity contribution in [1.82, 2.24) is 24.5 Å². The van der Waals surface area contributed by atoms with Gasteiger partial charge in [0, 0.05) is 16.3 Å². The van der Waals surface area contributed by atoms with Crippen LogP contribution < -0.4 is 9.46 Å². The molecular weight excluding hydrogens is 366 g/mol. The van der Waals surface area contributed by atoms with Crippen LogP contribution in [-0.2, 0) is 10.0 Å². The molecule has 138 valence electrons. The molecule has 0 aliphatic rings. The zero-order chi connectivity index (χ0) is 19.2. The maximum atomic E-state index is 12.3. The summed E-state index contributed by atoms with van der Waals surface area (Å²) in [5.41, 5.74) is 2.01. The van der Waals surface area contributed by atoms with E-state index >= 15 is 0 Å². The number of nitrogens with zero attached hydrogens (tertiary/aromatic N) is 4. The standard InChI is InChI=1S/C18H17N5O3S/c1-11-13-6-4-5-7-14(13)18-21-20-17(23(18)22-11)12-8-9-15(26-3)16(10-12)27(24,25)19-2/h4-10,19H,1-3H3. The van der Waals surface area contributed by atoms with E-state index in [1.54, 1.807) is 16.6 Å². The second-order valence-electron chi connectivity index (χ2n) is 5.96. The molecule has 9 heteroatoms. The molecule has 0 atom stereocenters. The number of fused-ring (bicyclic) bond motifs is 3. The van der Waals surface area contributed by atoms with Crippen LogP contribution in [-0.4, -0.2) is 42.4 Å². The molecule has 0 saturated heterocycles. The van der Waals surface area contributed by atoms with Crippen molar-refractivity contribution in [2.24, 2.45) is 0 Å². The third-order valence-corrected chi connectivity index (χ3v) is 5.86. The Labute approximate surface area is 155 Å². The van der Waals surface area contributed by atoms with Gasteiger partial charge in [-0.15, -0.1) is 10.2 Å². The summed E-state index contributed by atoms with van der Waals surface area (Å²) in [5, 5.41) is 15.0. The van der Waals surface area contributed by atoms with Crippen LogP contribution >= 0.6 is 0 Å². The molecule has 2 aromatic carbocycles. The highest BCUT2D eigenvalue weighted by Crippen LogP contribution is 2.30. The second kappa shape index (κ2) is 6.29. The highest BCUT2D eigenvalue weighted by atomic mass is 32.2. The molecule has 0 aliphatic heterocycles. The van der Waals surface area contributed by atoms with Gasteiger partial charge in [0.25, 0.3) is 0 Å². The van der Waals surface area contributed by atoms with Gasteiger partial charge in [-0.05, 0) is 32.2 Å². The van der Waals surface area contributed by atoms with Crippen molar-refractivity contribution in [1.29, 1.82) is 0 Å². The highest BCUT2D eigenvalue weighted by molar-refractivity contribution is 7.89. The lowest BCUT2D eigenvalue weighted by atomic mass is 10.1. The van der Waals surface area contributed by atoms with Crippen LogP contribution in [0.25, 0.3) is 27.8 Å². The monoisotopic (exact) mass is 383 g/mol. The average molecular weight is 383 g/mol. The van der Waals surface area contributed by atoms with E-state index in [0.29, 0.717) is 17.0 Å². The quantitative estimate of drug-likeness (QED) is 0.580. The largest absolute Gasteiger partial charge is 0.495 e. The smallest absolute Gasteiger partial charge is 0.244 e. The van der Waals surface area contributed by atoms with E-state index in [2.05, 4.69) is 20.0 Å². The summed E-state index contributed by atoms with van der Waals surface area (Å²) in [4.78, 5) is 0.0271. The van der Waals surface area contributed by atoms with Crippen molar-refractivity contribution in [3.8, 4) is 17.1 Å². The van der Waals surface area contributed by atoms with Gasteiger partial charge in [0.1, 0.15) is 10.6 Å². The number of rotatable bonds is 4. The molecular formula is C18H17N5O3S. The lowest BCUT2D eigenvalue weighted by Crippen LogP contribution is -2.19. The Kier molecular flexibility index (Phi) is 4.05. The van der Waals surface area contributed by atoms with Crippen molar-refractivity contribution >= 4 is 26.4 Å². The summed E-state index contributed by atoms with van der Waals surface area (Å²) in [6.07, 6.45) is 0. The minimum Gasteiger partial charge on any atom is -0.495 e. The third kappa shape index (κ3) is 2.71.